The normalized spacial score (nSPS) is 17.6. The lowest BCUT2D eigenvalue weighted by Crippen LogP contribution is -2.50. The summed E-state index contributed by atoms with van der Waals surface area (Å²) in [6, 6.07) is -0.0917. The first kappa shape index (κ1) is 46.8. The molecule has 0 bridgehead atoms. The number of rotatable bonds is 24. The van der Waals surface area contributed by atoms with Crippen molar-refractivity contribution in [2.45, 2.75) is 53.0 Å². The Hall–Kier alpha value is -5.25. The van der Waals surface area contributed by atoms with E-state index in [1.165, 1.54) is 6.92 Å². The minimum Gasteiger partial charge on any atom is -0.462 e. The van der Waals surface area contributed by atoms with Crippen LogP contribution in [0.1, 0.15) is 47.0 Å². The van der Waals surface area contributed by atoms with Crippen LogP contribution in [0.15, 0.2) is 63.3 Å². The van der Waals surface area contributed by atoms with E-state index in [9.17, 15) is 33.6 Å². The third-order valence-electron chi connectivity index (χ3n) is 8.27. The third-order valence-corrected chi connectivity index (χ3v) is 8.27. The smallest absolute Gasteiger partial charge is 0.407 e. The molecule has 0 saturated heterocycles. The van der Waals surface area contributed by atoms with Crippen LogP contribution in [0.3, 0.4) is 0 Å². The molecule has 0 aromatic heterocycles. The van der Waals surface area contributed by atoms with E-state index in [1.807, 2.05) is 6.92 Å². The van der Waals surface area contributed by atoms with Crippen LogP contribution in [0.25, 0.3) is 0 Å². The fraction of sp³-hybridized carbons (Fsp3) is 0.553. The highest BCUT2D eigenvalue weighted by Gasteiger charge is 2.43. The molecular weight excluding hydrogens is 708 g/mol. The Morgan fingerprint density at radius 3 is 1.28 bits per heavy atom. The van der Waals surface area contributed by atoms with Gasteiger partial charge >= 0.3 is 35.9 Å². The summed E-state index contributed by atoms with van der Waals surface area (Å²) < 4.78 is 38.0. The second kappa shape index (κ2) is 22.1. The number of hydrogen-bond acceptors (Lipinski definition) is 14. The quantitative estimate of drug-likeness (QED) is 0.0824. The van der Waals surface area contributed by atoms with Crippen molar-refractivity contribution < 1.29 is 66.7 Å². The molecule has 54 heavy (non-hydrogen) atoms. The third kappa shape index (κ3) is 17.5. The average Bonchev–Trinajstić information content (AvgIpc) is 3.12. The second-order valence-electron chi connectivity index (χ2n) is 14.4. The number of ether oxygens (including phenoxy) is 7. The molecule has 0 heterocycles. The molecule has 16 nitrogen and oxygen atoms in total. The highest BCUT2D eigenvalue weighted by atomic mass is 16.6. The molecule has 1 aliphatic carbocycles. The van der Waals surface area contributed by atoms with Crippen molar-refractivity contribution in [3.63, 3.8) is 0 Å². The number of carbonyl (C=O) groups excluding carboxylic acids is 7. The van der Waals surface area contributed by atoms with E-state index in [0.717, 1.165) is 43.2 Å². The van der Waals surface area contributed by atoms with Gasteiger partial charge in [-0.05, 0) is 30.1 Å². The van der Waals surface area contributed by atoms with Gasteiger partial charge in [0.15, 0.2) is 0 Å². The Morgan fingerprint density at radius 2 is 0.944 bits per heavy atom. The van der Waals surface area contributed by atoms with Crippen LogP contribution in [-0.2, 0) is 61.9 Å². The minimum atomic E-state index is -1.57. The summed E-state index contributed by atoms with van der Waals surface area (Å²) in [4.78, 5) is 85.5. The Balaban J connectivity index is 3.39. The van der Waals surface area contributed by atoms with Gasteiger partial charge in [-0.25, -0.2) is 28.8 Å². The Kier molecular flexibility index (Phi) is 19.1. The van der Waals surface area contributed by atoms with Gasteiger partial charge < -0.3 is 43.8 Å². The summed E-state index contributed by atoms with van der Waals surface area (Å²) in [5.74, 6) is -4.38. The largest absolute Gasteiger partial charge is 0.462 e. The van der Waals surface area contributed by atoms with Gasteiger partial charge in [0.1, 0.15) is 39.6 Å². The second-order valence-corrected chi connectivity index (χ2v) is 14.4. The fourth-order valence-corrected chi connectivity index (χ4v) is 6.11. The first-order valence-electron chi connectivity index (χ1n) is 17.0. The minimum absolute atomic E-state index is 0.0917. The van der Waals surface area contributed by atoms with Gasteiger partial charge in [-0.1, -0.05) is 53.7 Å². The van der Waals surface area contributed by atoms with Gasteiger partial charge in [0.05, 0.1) is 24.0 Å². The average molecular weight is 763 g/mol. The van der Waals surface area contributed by atoms with Crippen LogP contribution in [0.5, 0.6) is 0 Å². The van der Waals surface area contributed by atoms with Gasteiger partial charge in [-0.2, -0.15) is 0 Å². The molecule has 0 radical (unpaired) electrons. The van der Waals surface area contributed by atoms with Crippen molar-refractivity contribution in [2.75, 3.05) is 59.4 Å². The molecule has 0 spiro atoms. The molecule has 2 amide bonds. The SMILES string of the molecule is C=CC(=O)OCC(COCC(COC(=O)C=C)(COC(=O)C=C)COC(=O)NCC1(C)CC(NC(C)=O)CC(C)(C)C1)(COC(=O)C=C)COC(=O)C=C. The lowest BCUT2D eigenvalue weighted by molar-refractivity contribution is -0.167. The Morgan fingerprint density at radius 1 is 0.593 bits per heavy atom. The molecule has 2 N–H and O–H groups in total. The number of esters is 5. The van der Waals surface area contributed by atoms with E-state index < -0.39 is 105 Å². The fourth-order valence-electron chi connectivity index (χ4n) is 6.11. The van der Waals surface area contributed by atoms with Crippen LogP contribution in [0, 0.1) is 21.7 Å². The van der Waals surface area contributed by atoms with Crippen molar-refractivity contribution in [1.29, 1.82) is 0 Å². The van der Waals surface area contributed by atoms with Gasteiger partial charge in [-0.15, -0.1) is 0 Å². The van der Waals surface area contributed by atoms with Crippen molar-refractivity contribution in [3.8, 4) is 0 Å². The number of carbonyl (C=O) groups is 7. The summed E-state index contributed by atoms with van der Waals surface area (Å²) in [5, 5.41) is 5.76. The molecule has 300 valence electrons. The molecule has 1 aliphatic rings. The molecule has 0 aliphatic heterocycles. The number of hydrogen-bond donors (Lipinski definition) is 2. The molecule has 0 aromatic carbocycles. The highest BCUT2D eigenvalue weighted by molar-refractivity contribution is 5.83. The molecule has 16 heteroatoms. The van der Waals surface area contributed by atoms with E-state index in [4.69, 9.17) is 33.2 Å². The van der Waals surface area contributed by atoms with E-state index >= 15 is 0 Å². The van der Waals surface area contributed by atoms with Gasteiger partial charge in [0, 0.05) is 49.9 Å². The molecule has 1 saturated carbocycles. The lowest BCUT2D eigenvalue weighted by Gasteiger charge is -2.46. The zero-order valence-electron chi connectivity index (χ0n) is 31.7. The Labute approximate surface area is 316 Å². The zero-order valence-corrected chi connectivity index (χ0v) is 31.7. The predicted molar refractivity (Wildman–Crippen MR) is 194 cm³/mol. The van der Waals surface area contributed by atoms with E-state index in [-0.39, 0.29) is 23.9 Å². The Bertz CT molecular complexity index is 1340. The number of alkyl carbamates (subject to hydrolysis) is 1. The van der Waals surface area contributed by atoms with Gasteiger partial charge in [-0.3, -0.25) is 4.79 Å². The van der Waals surface area contributed by atoms with Crippen molar-refractivity contribution >= 4 is 41.8 Å². The van der Waals surface area contributed by atoms with Crippen LogP contribution in [-0.4, -0.2) is 107 Å². The van der Waals surface area contributed by atoms with Crippen molar-refractivity contribution in [1.82, 2.24) is 10.6 Å². The molecule has 0 aromatic rings. The zero-order chi connectivity index (χ0) is 41.0. The molecule has 2 atom stereocenters. The maximum Gasteiger partial charge on any atom is 0.407 e. The monoisotopic (exact) mass is 762 g/mol. The van der Waals surface area contributed by atoms with Gasteiger partial charge in [0.2, 0.25) is 5.91 Å². The van der Waals surface area contributed by atoms with Crippen LogP contribution in [0.2, 0.25) is 0 Å². The van der Waals surface area contributed by atoms with Crippen molar-refractivity contribution in [3.05, 3.63) is 63.3 Å². The summed E-state index contributed by atoms with van der Waals surface area (Å²) in [7, 11) is 0. The first-order chi connectivity index (χ1) is 25.3. The summed E-state index contributed by atoms with van der Waals surface area (Å²) in [5.41, 5.74) is -3.64. The van der Waals surface area contributed by atoms with Gasteiger partial charge in [0.25, 0.3) is 0 Å². The first-order valence-corrected chi connectivity index (χ1v) is 17.0. The van der Waals surface area contributed by atoms with Crippen LogP contribution >= 0.6 is 0 Å². The maximum atomic E-state index is 13.2. The van der Waals surface area contributed by atoms with E-state index in [0.29, 0.717) is 6.42 Å². The van der Waals surface area contributed by atoms with E-state index in [1.54, 1.807) is 0 Å². The number of amides is 2. The topological polar surface area (TPSA) is 208 Å². The standard InChI is InChI=1S/C38H54N2O14/c1-10-29(42)49-21-37(22-50-30(43)11-2,23-51-31(44)12-3)19-48-20-38(24-52-32(45)13-4,25-53-33(46)14-5)26-54-34(47)39-18-36(9)16-28(40-27(6)41)15-35(7,8)17-36/h10-14,28H,1-5,15-26H2,6-9H3,(H,39,47)(H,40,41). The highest BCUT2D eigenvalue weighted by Crippen LogP contribution is 2.45. The predicted octanol–water partition coefficient (Wildman–Crippen LogP) is 3.07. The summed E-state index contributed by atoms with van der Waals surface area (Å²) in [6.45, 7) is 20.7. The maximum absolute atomic E-state index is 13.2. The lowest BCUT2D eigenvalue weighted by atomic mass is 9.62. The molecule has 1 fully saturated rings. The molecule has 2 unspecified atom stereocenters. The number of nitrogens with one attached hydrogen (secondary N) is 2. The van der Waals surface area contributed by atoms with Crippen molar-refractivity contribution in [2.24, 2.45) is 21.7 Å². The van der Waals surface area contributed by atoms with Crippen LogP contribution in [0.4, 0.5) is 4.79 Å². The van der Waals surface area contributed by atoms with E-state index in [2.05, 4.69) is 57.4 Å². The van der Waals surface area contributed by atoms with Crippen LogP contribution < -0.4 is 10.6 Å². The summed E-state index contributed by atoms with van der Waals surface area (Å²) >= 11 is 0. The molecular formula is C38H54N2O14. The summed E-state index contributed by atoms with van der Waals surface area (Å²) in [6.07, 6.45) is 5.76. The molecule has 1 rings (SSSR count).